The molecule has 1 aromatic rings. The summed E-state index contributed by atoms with van der Waals surface area (Å²) in [7, 11) is 0. The van der Waals surface area contributed by atoms with Gasteiger partial charge in [0.15, 0.2) is 5.69 Å². The molecule has 0 atom stereocenters. The highest BCUT2D eigenvalue weighted by Crippen LogP contribution is 2.15. The second-order valence-corrected chi connectivity index (χ2v) is 2.15. The van der Waals surface area contributed by atoms with Gasteiger partial charge in [0.25, 0.3) is 0 Å². The second-order valence-electron chi connectivity index (χ2n) is 2.15. The number of nitrogen functional groups attached to an aromatic ring is 1. The Morgan fingerprint density at radius 1 is 1.75 bits per heavy atom. The second kappa shape index (κ2) is 3.58. The predicted molar refractivity (Wildman–Crippen MR) is 44.5 cm³/mol. The maximum absolute atomic E-state index is 8.51. The fourth-order valence-electron chi connectivity index (χ4n) is 0.801. The molecule has 0 fully saturated rings. The monoisotopic (exact) mass is 163 g/mol. The first-order chi connectivity index (χ1) is 5.77. The van der Waals surface area contributed by atoms with E-state index in [0.29, 0.717) is 18.0 Å². The molecule has 0 bridgehead atoms. The molecule has 0 spiro atoms. The van der Waals surface area contributed by atoms with Gasteiger partial charge in [0.05, 0.1) is 18.5 Å². The van der Waals surface area contributed by atoms with Crippen molar-refractivity contribution in [3.05, 3.63) is 18.0 Å². The Morgan fingerprint density at radius 3 is 3.00 bits per heavy atom. The van der Waals surface area contributed by atoms with Crippen LogP contribution in [0.3, 0.4) is 0 Å². The molecule has 0 aliphatic carbocycles. The average Bonchev–Trinajstić information content (AvgIpc) is 2.05. The summed E-state index contributed by atoms with van der Waals surface area (Å²) in [5, 5.41) is 8.51. The van der Waals surface area contributed by atoms with Gasteiger partial charge in [-0.15, -0.1) is 0 Å². The van der Waals surface area contributed by atoms with Gasteiger partial charge >= 0.3 is 0 Å². The molecule has 12 heavy (non-hydrogen) atoms. The van der Waals surface area contributed by atoms with Crippen LogP contribution in [-0.4, -0.2) is 11.6 Å². The molecule has 0 amide bonds. The molecule has 0 radical (unpaired) electrons. The number of nitrogens with zero attached hydrogens (tertiary/aromatic N) is 2. The van der Waals surface area contributed by atoms with E-state index in [0.717, 1.165) is 0 Å². The lowest BCUT2D eigenvalue weighted by molar-refractivity contribution is 0.339. The van der Waals surface area contributed by atoms with Crippen LogP contribution in [0.4, 0.5) is 5.69 Å². The first kappa shape index (κ1) is 8.34. The maximum atomic E-state index is 8.51. The molecule has 62 valence electrons. The van der Waals surface area contributed by atoms with E-state index in [-0.39, 0.29) is 5.69 Å². The first-order valence-electron chi connectivity index (χ1n) is 3.56. The van der Waals surface area contributed by atoms with Crippen LogP contribution in [-0.2, 0) is 0 Å². The third kappa shape index (κ3) is 1.64. The topological polar surface area (TPSA) is 71.9 Å². The zero-order chi connectivity index (χ0) is 8.97. The fraction of sp³-hybridized carbons (Fsp3) is 0.250. The molecule has 2 N–H and O–H groups in total. The van der Waals surface area contributed by atoms with Gasteiger partial charge in [0.1, 0.15) is 11.8 Å². The highest BCUT2D eigenvalue weighted by atomic mass is 16.5. The molecule has 0 saturated carbocycles. The van der Waals surface area contributed by atoms with Crippen molar-refractivity contribution in [3.63, 3.8) is 0 Å². The van der Waals surface area contributed by atoms with Crippen molar-refractivity contribution < 1.29 is 4.74 Å². The van der Waals surface area contributed by atoms with Crippen LogP contribution in [0, 0.1) is 11.3 Å². The van der Waals surface area contributed by atoms with Gasteiger partial charge < -0.3 is 10.5 Å². The maximum Gasteiger partial charge on any atom is 0.163 e. The summed E-state index contributed by atoms with van der Waals surface area (Å²) in [6.07, 6.45) is 1.48. The van der Waals surface area contributed by atoms with Crippen LogP contribution < -0.4 is 10.5 Å². The van der Waals surface area contributed by atoms with E-state index >= 15 is 0 Å². The Hall–Kier alpha value is -1.76. The summed E-state index contributed by atoms with van der Waals surface area (Å²) in [6.45, 7) is 2.43. The first-order valence-corrected chi connectivity index (χ1v) is 3.56. The number of nitrogens with two attached hydrogens (primary N) is 1. The van der Waals surface area contributed by atoms with Crippen molar-refractivity contribution in [1.29, 1.82) is 5.26 Å². The van der Waals surface area contributed by atoms with Gasteiger partial charge in [0, 0.05) is 6.07 Å². The number of rotatable bonds is 2. The largest absolute Gasteiger partial charge is 0.492 e. The van der Waals surface area contributed by atoms with Crippen molar-refractivity contribution in [2.45, 2.75) is 6.92 Å². The number of nitriles is 1. The molecule has 0 aliphatic rings. The Labute approximate surface area is 70.6 Å². The van der Waals surface area contributed by atoms with E-state index in [1.807, 2.05) is 13.0 Å². The minimum Gasteiger partial charge on any atom is -0.492 e. The van der Waals surface area contributed by atoms with Gasteiger partial charge in [-0.3, -0.25) is 0 Å². The van der Waals surface area contributed by atoms with Crippen molar-refractivity contribution >= 4 is 5.69 Å². The van der Waals surface area contributed by atoms with E-state index in [9.17, 15) is 0 Å². The standard InChI is InChI=1S/C8H9N3O/c1-2-12-6-3-7(10)8(4-9)11-5-6/h3,5H,2,10H2,1H3. The van der Waals surface area contributed by atoms with Crippen LogP contribution in [0.25, 0.3) is 0 Å². The highest BCUT2D eigenvalue weighted by Gasteiger charge is 2.00. The van der Waals surface area contributed by atoms with Crippen molar-refractivity contribution in [3.8, 4) is 11.8 Å². The van der Waals surface area contributed by atoms with Gasteiger partial charge in [-0.25, -0.2) is 4.98 Å². The molecular weight excluding hydrogens is 154 g/mol. The Balaban J connectivity index is 2.96. The van der Waals surface area contributed by atoms with Crippen LogP contribution in [0.5, 0.6) is 5.75 Å². The Morgan fingerprint density at radius 2 is 2.50 bits per heavy atom. The summed E-state index contributed by atoms with van der Waals surface area (Å²) in [6, 6.07) is 3.47. The molecule has 0 unspecified atom stereocenters. The smallest absolute Gasteiger partial charge is 0.163 e. The SMILES string of the molecule is CCOc1cnc(C#N)c(N)c1. The van der Waals surface area contributed by atoms with Crippen molar-refractivity contribution in [1.82, 2.24) is 4.98 Å². The summed E-state index contributed by atoms with van der Waals surface area (Å²) >= 11 is 0. The van der Waals surface area contributed by atoms with Gasteiger partial charge in [0.2, 0.25) is 0 Å². The quantitative estimate of drug-likeness (QED) is 0.704. The van der Waals surface area contributed by atoms with Crippen LogP contribution >= 0.6 is 0 Å². The lowest BCUT2D eigenvalue weighted by Gasteiger charge is -2.02. The summed E-state index contributed by atoms with van der Waals surface area (Å²) in [5.41, 5.74) is 6.08. The van der Waals surface area contributed by atoms with Gasteiger partial charge in [-0.2, -0.15) is 5.26 Å². The molecule has 0 saturated heterocycles. The lowest BCUT2D eigenvalue weighted by Crippen LogP contribution is -1.97. The third-order valence-corrected chi connectivity index (χ3v) is 1.31. The van der Waals surface area contributed by atoms with Gasteiger partial charge in [-0.1, -0.05) is 0 Å². The number of aromatic nitrogens is 1. The average molecular weight is 163 g/mol. The number of ether oxygens (including phenoxy) is 1. The molecule has 1 aromatic heterocycles. The van der Waals surface area contributed by atoms with Gasteiger partial charge in [-0.05, 0) is 6.92 Å². The summed E-state index contributed by atoms with van der Waals surface area (Å²) in [5.74, 6) is 0.592. The zero-order valence-corrected chi connectivity index (χ0v) is 6.74. The molecule has 1 heterocycles. The third-order valence-electron chi connectivity index (χ3n) is 1.31. The van der Waals surface area contributed by atoms with E-state index in [1.54, 1.807) is 6.07 Å². The molecule has 0 aromatic carbocycles. The lowest BCUT2D eigenvalue weighted by atomic mass is 10.3. The highest BCUT2D eigenvalue weighted by molar-refractivity contribution is 5.52. The Bertz CT molecular complexity index is 317. The van der Waals surface area contributed by atoms with Crippen LogP contribution in [0.2, 0.25) is 0 Å². The van der Waals surface area contributed by atoms with E-state index in [2.05, 4.69) is 4.98 Å². The minimum atomic E-state index is 0.235. The molecular formula is C8H9N3O. The summed E-state index contributed by atoms with van der Waals surface area (Å²) in [4.78, 5) is 3.80. The van der Waals surface area contributed by atoms with E-state index in [4.69, 9.17) is 15.7 Å². The number of anilines is 1. The van der Waals surface area contributed by atoms with E-state index in [1.165, 1.54) is 6.20 Å². The predicted octanol–water partition coefficient (Wildman–Crippen LogP) is 0.934. The summed E-state index contributed by atoms with van der Waals surface area (Å²) < 4.78 is 5.13. The molecule has 1 rings (SSSR count). The molecule has 0 aliphatic heterocycles. The van der Waals surface area contributed by atoms with Crippen LogP contribution in [0.1, 0.15) is 12.6 Å². The molecule has 4 nitrogen and oxygen atoms in total. The van der Waals surface area contributed by atoms with Crippen molar-refractivity contribution in [2.24, 2.45) is 0 Å². The number of pyridine rings is 1. The molecule has 4 heteroatoms. The number of hydrogen-bond donors (Lipinski definition) is 1. The van der Waals surface area contributed by atoms with Crippen LogP contribution in [0.15, 0.2) is 12.3 Å². The number of hydrogen-bond acceptors (Lipinski definition) is 4. The van der Waals surface area contributed by atoms with E-state index < -0.39 is 0 Å². The Kier molecular flexibility index (Phi) is 2.49. The zero-order valence-electron chi connectivity index (χ0n) is 6.74. The normalized spacial score (nSPS) is 9.00. The minimum absolute atomic E-state index is 0.235. The van der Waals surface area contributed by atoms with Crippen molar-refractivity contribution in [2.75, 3.05) is 12.3 Å². The fourth-order valence-corrected chi connectivity index (χ4v) is 0.801.